The lowest BCUT2D eigenvalue weighted by Crippen LogP contribution is -2.38. The molecule has 8 nitrogen and oxygen atoms in total. The van der Waals surface area contributed by atoms with E-state index in [9.17, 15) is 9.59 Å². The van der Waals surface area contributed by atoms with Crippen LogP contribution < -0.4 is 10.6 Å². The fourth-order valence-corrected chi connectivity index (χ4v) is 3.28. The van der Waals surface area contributed by atoms with Gasteiger partial charge in [0.15, 0.2) is 0 Å². The fourth-order valence-electron chi connectivity index (χ4n) is 2.93. The summed E-state index contributed by atoms with van der Waals surface area (Å²) in [6, 6.07) is 10.4. The topological polar surface area (TPSA) is 92.2 Å². The van der Waals surface area contributed by atoms with Crippen molar-refractivity contribution in [1.82, 2.24) is 19.7 Å². The van der Waals surface area contributed by atoms with Crippen LogP contribution in [0.25, 0.3) is 5.69 Å². The average molecular weight is 461 g/mol. The van der Waals surface area contributed by atoms with Crippen LogP contribution in [0.4, 0.5) is 11.4 Å². The molecule has 10 heteroatoms. The normalized spacial score (nSPS) is 10.9. The Kier molecular flexibility index (Phi) is 7.62. The van der Waals surface area contributed by atoms with Gasteiger partial charge in [-0.3, -0.25) is 14.5 Å². The number of hydrogen-bond acceptors (Lipinski definition) is 5. The van der Waals surface area contributed by atoms with Crippen molar-refractivity contribution in [1.29, 1.82) is 0 Å². The molecule has 1 heterocycles. The largest absolute Gasteiger partial charge is 0.325 e. The second kappa shape index (κ2) is 10.4. The summed E-state index contributed by atoms with van der Waals surface area (Å²) in [6.07, 6.45) is 2.93. The summed E-state index contributed by atoms with van der Waals surface area (Å²) in [5, 5.41) is 10.8. The molecule has 0 unspecified atom stereocenters. The maximum Gasteiger partial charge on any atom is 0.238 e. The molecule has 3 rings (SSSR count). The summed E-state index contributed by atoms with van der Waals surface area (Å²) in [5.74, 6) is -0.511. The Morgan fingerprint density at radius 1 is 1.00 bits per heavy atom. The van der Waals surface area contributed by atoms with E-state index in [-0.39, 0.29) is 24.9 Å². The zero-order chi connectivity index (χ0) is 22.4. The third-order valence-electron chi connectivity index (χ3n) is 4.55. The summed E-state index contributed by atoms with van der Waals surface area (Å²) in [4.78, 5) is 30.8. The molecule has 162 valence electrons. The Morgan fingerprint density at radius 3 is 2.23 bits per heavy atom. The second-order valence-electron chi connectivity index (χ2n) is 6.86. The number of aryl methyl sites for hydroxylation is 1. The van der Waals surface area contributed by atoms with Gasteiger partial charge in [0.1, 0.15) is 12.7 Å². The van der Waals surface area contributed by atoms with Crippen molar-refractivity contribution < 1.29 is 9.59 Å². The van der Waals surface area contributed by atoms with Crippen LogP contribution in [0.1, 0.15) is 12.5 Å². The zero-order valence-corrected chi connectivity index (χ0v) is 18.6. The van der Waals surface area contributed by atoms with Crippen LogP contribution in [-0.2, 0) is 9.59 Å². The number of likely N-dealkylation sites (N-methyl/N-ethyl adjacent to an activating group) is 1. The second-order valence-corrected chi connectivity index (χ2v) is 7.73. The molecule has 31 heavy (non-hydrogen) atoms. The maximum absolute atomic E-state index is 12.7. The number of rotatable bonds is 8. The number of carbonyl (C=O) groups is 2. The Balaban J connectivity index is 1.63. The van der Waals surface area contributed by atoms with E-state index in [0.29, 0.717) is 33.7 Å². The van der Waals surface area contributed by atoms with Crippen LogP contribution in [-0.4, -0.2) is 51.1 Å². The number of hydrogen-bond donors (Lipinski definition) is 2. The third-order valence-corrected chi connectivity index (χ3v) is 5.02. The first kappa shape index (κ1) is 22.7. The van der Waals surface area contributed by atoms with Crippen LogP contribution in [0.2, 0.25) is 10.0 Å². The Bertz CT molecular complexity index is 1070. The number of nitrogens with one attached hydrogen (secondary N) is 2. The monoisotopic (exact) mass is 460 g/mol. The lowest BCUT2D eigenvalue weighted by molar-refractivity contribution is -0.119. The van der Waals surface area contributed by atoms with Gasteiger partial charge in [0.25, 0.3) is 0 Å². The van der Waals surface area contributed by atoms with Crippen molar-refractivity contribution in [2.75, 3.05) is 30.3 Å². The first-order valence-corrected chi connectivity index (χ1v) is 10.3. The van der Waals surface area contributed by atoms with E-state index >= 15 is 0 Å². The molecule has 0 aliphatic heterocycles. The van der Waals surface area contributed by atoms with Gasteiger partial charge in [-0.25, -0.2) is 9.67 Å². The van der Waals surface area contributed by atoms with Gasteiger partial charge in [0.2, 0.25) is 11.8 Å². The van der Waals surface area contributed by atoms with Crippen molar-refractivity contribution in [3.63, 3.8) is 0 Å². The summed E-state index contributed by atoms with van der Waals surface area (Å²) in [6.45, 7) is 4.37. The molecule has 3 aromatic rings. The summed E-state index contributed by atoms with van der Waals surface area (Å²) >= 11 is 12.1. The van der Waals surface area contributed by atoms with Gasteiger partial charge in [0.05, 0.1) is 24.5 Å². The van der Waals surface area contributed by atoms with Crippen molar-refractivity contribution in [2.24, 2.45) is 0 Å². The molecule has 0 atom stereocenters. The molecule has 0 saturated carbocycles. The highest BCUT2D eigenvalue weighted by Gasteiger charge is 2.16. The molecule has 1 aromatic heterocycles. The molecule has 0 aliphatic carbocycles. The lowest BCUT2D eigenvalue weighted by Gasteiger charge is -2.20. The summed E-state index contributed by atoms with van der Waals surface area (Å²) in [5.41, 5.74) is 2.68. The maximum atomic E-state index is 12.7. The minimum Gasteiger partial charge on any atom is -0.325 e. The van der Waals surface area contributed by atoms with Gasteiger partial charge in [-0.1, -0.05) is 36.2 Å². The highest BCUT2D eigenvalue weighted by molar-refractivity contribution is 6.31. The van der Waals surface area contributed by atoms with E-state index in [1.165, 1.54) is 17.3 Å². The number of aromatic nitrogens is 3. The van der Waals surface area contributed by atoms with Gasteiger partial charge >= 0.3 is 0 Å². The van der Waals surface area contributed by atoms with Crippen LogP contribution in [0.5, 0.6) is 0 Å². The number of amides is 2. The van der Waals surface area contributed by atoms with E-state index in [1.807, 2.05) is 19.9 Å². The third kappa shape index (κ3) is 6.27. The van der Waals surface area contributed by atoms with Crippen molar-refractivity contribution >= 4 is 46.4 Å². The standard InChI is InChI=1S/C21H22Cl2N6O2/c1-3-28(10-20(30)26-17-8-15(22)5-4-14(17)2)11-21(31)27-18-9-16(23)6-7-19(18)29-13-24-12-25-29/h4-9,12-13H,3,10-11H2,1-2H3,(H,26,30)(H,27,31). The van der Waals surface area contributed by atoms with Crippen LogP contribution in [0.15, 0.2) is 49.1 Å². The van der Waals surface area contributed by atoms with Crippen molar-refractivity contribution in [3.8, 4) is 5.69 Å². The number of nitrogens with zero attached hydrogens (tertiary/aromatic N) is 4. The Morgan fingerprint density at radius 2 is 1.61 bits per heavy atom. The predicted octanol–water partition coefficient (Wildman–Crippen LogP) is 3.78. The SMILES string of the molecule is CCN(CC(=O)Nc1cc(Cl)ccc1C)CC(=O)Nc1cc(Cl)ccc1-n1cncn1. The number of halogens is 2. The highest BCUT2D eigenvalue weighted by atomic mass is 35.5. The molecular formula is C21H22Cl2N6O2. The molecule has 0 saturated heterocycles. The molecular weight excluding hydrogens is 439 g/mol. The fraction of sp³-hybridized carbons (Fsp3) is 0.238. The average Bonchev–Trinajstić information content (AvgIpc) is 3.25. The van der Waals surface area contributed by atoms with E-state index in [0.717, 1.165) is 5.56 Å². The molecule has 0 radical (unpaired) electrons. The van der Waals surface area contributed by atoms with Crippen LogP contribution in [0.3, 0.4) is 0 Å². The first-order chi connectivity index (χ1) is 14.9. The van der Waals surface area contributed by atoms with E-state index < -0.39 is 0 Å². The molecule has 2 amide bonds. The van der Waals surface area contributed by atoms with Crippen molar-refractivity contribution in [3.05, 3.63) is 64.7 Å². The molecule has 2 N–H and O–H groups in total. The summed E-state index contributed by atoms with van der Waals surface area (Å²) < 4.78 is 1.53. The zero-order valence-electron chi connectivity index (χ0n) is 17.1. The van der Waals surface area contributed by atoms with E-state index in [2.05, 4.69) is 20.7 Å². The Labute approximate surface area is 190 Å². The molecule has 0 bridgehead atoms. The van der Waals surface area contributed by atoms with Crippen LogP contribution >= 0.6 is 23.2 Å². The molecule has 0 fully saturated rings. The Hall–Kier alpha value is -2.94. The molecule has 2 aromatic carbocycles. The van der Waals surface area contributed by atoms with Gasteiger partial charge in [-0.2, -0.15) is 5.10 Å². The van der Waals surface area contributed by atoms with Crippen molar-refractivity contribution in [2.45, 2.75) is 13.8 Å². The molecule has 0 spiro atoms. The van der Waals surface area contributed by atoms with E-state index in [4.69, 9.17) is 23.2 Å². The van der Waals surface area contributed by atoms with Gasteiger partial charge in [-0.05, 0) is 49.4 Å². The first-order valence-electron chi connectivity index (χ1n) is 9.58. The molecule has 0 aliphatic rings. The quantitative estimate of drug-likeness (QED) is 0.533. The summed E-state index contributed by atoms with van der Waals surface area (Å²) in [7, 11) is 0. The van der Waals surface area contributed by atoms with Crippen LogP contribution in [0, 0.1) is 6.92 Å². The minimum atomic E-state index is -0.280. The number of carbonyl (C=O) groups excluding carboxylic acids is 2. The number of anilines is 2. The minimum absolute atomic E-state index is 0.0295. The lowest BCUT2D eigenvalue weighted by atomic mass is 10.2. The van der Waals surface area contributed by atoms with Gasteiger partial charge in [-0.15, -0.1) is 0 Å². The van der Waals surface area contributed by atoms with E-state index in [1.54, 1.807) is 35.2 Å². The van der Waals surface area contributed by atoms with Gasteiger partial charge < -0.3 is 10.6 Å². The van der Waals surface area contributed by atoms with Gasteiger partial charge in [0, 0.05) is 15.7 Å². The smallest absolute Gasteiger partial charge is 0.238 e. The highest BCUT2D eigenvalue weighted by Crippen LogP contribution is 2.24. The number of benzene rings is 2. The predicted molar refractivity (Wildman–Crippen MR) is 122 cm³/mol.